The van der Waals surface area contributed by atoms with E-state index in [9.17, 15) is 5.11 Å². The van der Waals surface area contributed by atoms with Crippen LogP contribution in [-0.2, 0) is 0 Å². The van der Waals surface area contributed by atoms with Gasteiger partial charge in [0.05, 0.1) is 12.2 Å². The van der Waals surface area contributed by atoms with E-state index >= 15 is 0 Å². The van der Waals surface area contributed by atoms with Crippen molar-refractivity contribution in [3.05, 3.63) is 0 Å². The molecular weight excluding hydrogens is 128 g/mol. The molecule has 0 heterocycles. The molecule has 3 atom stereocenters. The third-order valence-electron chi connectivity index (χ3n) is 1.79. The number of hydrogen-bond donors (Lipinski definition) is 2. The summed E-state index contributed by atoms with van der Waals surface area (Å²) in [6.07, 6.45) is 0.911. The van der Waals surface area contributed by atoms with E-state index in [2.05, 4.69) is 0 Å². The molecule has 0 aromatic rings. The second-order valence-corrected chi connectivity index (χ2v) is 3.04. The van der Waals surface area contributed by atoms with Gasteiger partial charge in [0.15, 0.2) is 0 Å². The van der Waals surface area contributed by atoms with Crippen LogP contribution in [0.15, 0.2) is 0 Å². The summed E-state index contributed by atoms with van der Waals surface area (Å²) in [5.74, 6) is 0.213. The van der Waals surface area contributed by atoms with Gasteiger partial charge in [0.25, 0.3) is 0 Å². The van der Waals surface area contributed by atoms with Crippen molar-refractivity contribution >= 4 is 0 Å². The number of rotatable bonds is 4. The van der Waals surface area contributed by atoms with Crippen molar-refractivity contribution in [1.82, 2.24) is 0 Å². The van der Waals surface area contributed by atoms with E-state index < -0.39 is 0 Å². The Balaban J connectivity index is 3.50. The molecule has 0 aliphatic rings. The SMILES string of the molecule is CC[C@H](O)[C@H](C)C[C@@H](C)O. The monoisotopic (exact) mass is 146 g/mol. The van der Waals surface area contributed by atoms with Gasteiger partial charge < -0.3 is 10.2 Å². The van der Waals surface area contributed by atoms with E-state index in [1.165, 1.54) is 0 Å². The first-order valence-corrected chi connectivity index (χ1v) is 3.94. The maximum Gasteiger partial charge on any atom is 0.0564 e. The highest BCUT2D eigenvalue weighted by Crippen LogP contribution is 2.12. The molecular formula is C8H18O2. The third kappa shape index (κ3) is 3.85. The summed E-state index contributed by atoms with van der Waals surface area (Å²) in [5, 5.41) is 18.2. The molecule has 0 amide bonds. The molecule has 62 valence electrons. The van der Waals surface area contributed by atoms with Crippen LogP contribution in [0.25, 0.3) is 0 Å². The predicted octanol–water partition coefficient (Wildman–Crippen LogP) is 1.16. The molecule has 0 aliphatic carbocycles. The van der Waals surface area contributed by atoms with E-state index in [0.717, 1.165) is 6.42 Å². The van der Waals surface area contributed by atoms with E-state index in [1.807, 2.05) is 13.8 Å². The summed E-state index contributed by atoms with van der Waals surface area (Å²) in [5.41, 5.74) is 0. The molecule has 0 aromatic heterocycles. The first-order chi connectivity index (χ1) is 4.57. The van der Waals surface area contributed by atoms with Crippen LogP contribution in [0.2, 0.25) is 0 Å². The molecule has 0 bridgehead atoms. The quantitative estimate of drug-likeness (QED) is 0.625. The van der Waals surface area contributed by atoms with Gasteiger partial charge in [0.1, 0.15) is 0 Å². The van der Waals surface area contributed by atoms with Gasteiger partial charge in [-0.15, -0.1) is 0 Å². The molecule has 0 rings (SSSR count). The number of hydrogen-bond acceptors (Lipinski definition) is 2. The van der Waals surface area contributed by atoms with Crippen molar-refractivity contribution in [2.45, 2.75) is 45.8 Å². The fourth-order valence-corrected chi connectivity index (χ4v) is 1.10. The minimum atomic E-state index is -0.295. The average molecular weight is 146 g/mol. The van der Waals surface area contributed by atoms with Crippen LogP contribution in [0.1, 0.15) is 33.6 Å². The molecule has 0 saturated heterocycles. The Bertz CT molecular complexity index is 81.3. The van der Waals surface area contributed by atoms with Gasteiger partial charge in [0.2, 0.25) is 0 Å². The third-order valence-corrected chi connectivity index (χ3v) is 1.79. The molecule has 2 N–H and O–H groups in total. The Kier molecular flexibility index (Phi) is 4.65. The van der Waals surface area contributed by atoms with Gasteiger partial charge in [-0.3, -0.25) is 0 Å². The van der Waals surface area contributed by atoms with Crippen molar-refractivity contribution < 1.29 is 10.2 Å². The minimum Gasteiger partial charge on any atom is -0.393 e. The zero-order chi connectivity index (χ0) is 8.15. The largest absolute Gasteiger partial charge is 0.393 e. The molecule has 0 radical (unpaired) electrons. The van der Waals surface area contributed by atoms with E-state index in [0.29, 0.717) is 6.42 Å². The van der Waals surface area contributed by atoms with Crippen molar-refractivity contribution in [3.63, 3.8) is 0 Å². The lowest BCUT2D eigenvalue weighted by molar-refractivity contribution is 0.0733. The van der Waals surface area contributed by atoms with Crippen LogP contribution in [0.4, 0.5) is 0 Å². The summed E-state index contributed by atoms with van der Waals surface area (Å²) >= 11 is 0. The van der Waals surface area contributed by atoms with Crippen LogP contribution in [0, 0.1) is 5.92 Å². The summed E-state index contributed by atoms with van der Waals surface area (Å²) in [7, 11) is 0. The highest BCUT2D eigenvalue weighted by Gasteiger charge is 2.13. The van der Waals surface area contributed by atoms with Crippen LogP contribution in [0.3, 0.4) is 0 Å². The fraction of sp³-hybridized carbons (Fsp3) is 1.00. The van der Waals surface area contributed by atoms with Crippen LogP contribution in [0.5, 0.6) is 0 Å². The summed E-state index contributed by atoms with van der Waals surface area (Å²) < 4.78 is 0. The molecule has 0 aromatic carbocycles. The first kappa shape index (κ1) is 9.92. The van der Waals surface area contributed by atoms with Gasteiger partial charge in [0, 0.05) is 0 Å². The molecule has 0 aliphatic heterocycles. The molecule has 10 heavy (non-hydrogen) atoms. The highest BCUT2D eigenvalue weighted by atomic mass is 16.3. The van der Waals surface area contributed by atoms with Crippen LogP contribution < -0.4 is 0 Å². The average Bonchev–Trinajstić information content (AvgIpc) is 1.85. The summed E-state index contributed by atoms with van der Waals surface area (Å²) in [6, 6.07) is 0. The van der Waals surface area contributed by atoms with Gasteiger partial charge in [-0.05, 0) is 25.7 Å². The molecule has 0 unspecified atom stereocenters. The maximum atomic E-state index is 9.26. The fourth-order valence-electron chi connectivity index (χ4n) is 1.10. The van der Waals surface area contributed by atoms with Crippen molar-refractivity contribution in [1.29, 1.82) is 0 Å². The first-order valence-electron chi connectivity index (χ1n) is 3.94. The van der Waals surface area contributed by atoms with Crippen molar-refractivity contribution in [2.24, 2.45) is 5.92 Å². The van der Waals surface area contributed by atoms with Crippen LogP contribution >= 0.6 is 0 Å². The van der Waals surface area contributed by atoms with Gasteiger partial charge in [-0.2, -0.15) is 0 Å². The highest BCUT2D eigenvalue weighted by molar-refractivity contribution is 4.64. The van der Waals surface area contributed by atoms with Crippen molar-refractivity contribution in [3.8, 4) is 0 Å². The van der Waals surface area contributed by atoms with Gasteiger partial charge >= 0.3 is 0 Å². The van der Waals surface area contributed by atoms with Crippen LogP contribution in [-0.4, -0.2) is 22.4 Å². The topological polar surface area (TPSA) is 40.5 Å². The Morgan fingerprint density at radius 3 is 2.00 bits per heavy atom. The maximum absolute atomic E-state index is 9.26. The summed E-state index contributed by atoms with van der Waals surface area (Å²) in [6.45, 7) is 5.66. The zero-order valence-electron chi connectivity index (χ0n) is 7.04. The Hall–Kier alpha value is -0.0800. The predicted molar refractivity (Wildman–Crippen MR) is 41.8 cm³/mol. The molecule has 0 fully saturated rings. The number of aliphatic hydroxyl groups excluding tert-OH is 2. The van der Waals surface area contributed by atoms with Gasteiger partial charge in [-0.1, -0.05) is 13.8 Å². The normalized spacial score (nSPS) is 20.1. The van der Waals surface area contributed by atoms with E-state index in [4.69, 9.17) is 5.11 Å². The lowest BCUT2D eigenvalue weighted by Crippen LogP contribution is -2.20. The lowest BCUT2D eigenvalue weighted by atomic mass is 9.96. The lowest BCUT2D eigenvalue weighted by Gasteiger charge is -2.18. The minimum absolute atomic E-state index is 0.213. The van der Waals surface area contributed by atoms with Crippen molar-refractivity contribution in [2.75, 3.05) is 0 Å². The van der Waals surface area contributed by atoms with E-state index in [1.54, 1.807) is 6.92 Å². The standard InChI is InChI=1S/C8H18O2/c1-4-8(10)6(2)5-7(3)9/h6-10H,4-5H2,1-3H3/t6-,7-,8+/m1/s1. The smallest absolute Gasteiger partial charge is 0.0564 e. The van der Waals surface area contributed by atoms with E-state index in [-0.39, 0.29) is 18.1 Å². The second kappa shape index (κ2) is 4.69. The summed E-state index contributed by atoms with van der Waals surface area (Å²) in [4.78, 5) is 0. The molecule has 0 spiro atoms. The Morgan fingerprint density at radius 1 is 1.20 bits per heavy atom. The number of aliphatic hydroxyl groups is 2. The zero-order valence-corrected chi connectivity index (χ0v) is 7.04. The second-order valence-electron chi connectivity index (χ2n) is 3.04. The molecule has 0 saturated carbocycles. The Morgan fingerprint density at radius 2 is 1.70 bits per heavy atom. The van der Waals surface area contributed by atoms with Gasteiger partial charge in [-0.25, -0.2) is 0 Å². The molecule has 2 heteroatoms. The molecule has 2 nitrogen and oxygen atoms in total. The Labute approximate surface area is 62.9 Å².